The summed E-state index contributed by atoms with van der Waals surface area (Å²) in [6.45, 7) is -0.215. The lowest BCUT2D eigenvalue weighted by Crippen LogP contribution is -2.22. The number of methoxy groups -OCH3 is 1. The Morgan fingerprint density at radius 3 is 2.36 bits per heavy atom. The number of benzene rings is 3. The lowest BCUT2D eigenvalue weighted by atomic mass is 9.98. The number of carbonyl (C=O) groups is 1. The summed E-state index contributed by atoms with van der Waals surface area (Å²) in [5.74, 6) is 0.416. The van der Waals surface area contributed by atoms with Crippen molar-refractivity contribution in [2.24, 2.45) is 7.05 Å². The quantitative estimate of drug-likeness (QED) is 0.337. The van der Waals surface area contributed by atoms with Crippen molar-refractivity contribution < 1.29 is 14.3 Å². The summed E-state index contributed by atoms with van der Waals surface area (Å²) in [6, 6.07) is 25.6. The number of nitrogens with one attached hydrogen (secondary N) is 1. The van der Waals surface area contributed by atoms with E-state index in [4.69, 9.17) is 9.47 Å². The van der Waals surface area contributed by atoms with E-state index in [2.05, 4.69) is 21.2 Å². The van der Waals surface area contributed by atoms with Gasteiger partial charge in [-0.2, -0.15) is 5.26 Å². The lowest BCUT2D eigenvalue weighted by Gasteiger charge is -2.15. The number of nitrogens with zero attached hydrogens (tertiary/aromatic N) is 2. The smallest absolute Gasteiger partial charge is 0.269 e. The zero-order chi connectivity index (χ0) is 25.7. The molecule has 4 aromatic rings. The van der Waals surface area contributed by atoms with Gasteiger partial charge in [-0.1, -0.05) is 52.3 Å². The molecular weight excluding hydrogens is 522 g/mol. The average molecular weight is 544 g/mol. The number of anilines is 1. The van der Waals surface area contributed by atoms with Crippen LogP contribution in [-0.2, 0) is 11.8 Å². The van der Waals surface area contributed by atoms with Crippen molar-refractivity contribution in [2.75, 3.05) is 19.0 Å². The zero-order valence-corrected chi connectivity index (χ0v) is 21.2. The van der Waals surface area contributed by atoms with Crippen LogP contribution in [0.15, 0.2) is 88.1 Å². The van der Waals surface area contributed by atoms with Crippen LogP contribution in [-0.4, -0.2) is 24.2 Å². The van der Waals surface area contributed by atoms with E-state index in [1.165, 1.54) is 11.7 Å². The first-order chi connectivity index (χ1) is 17.4. The minimum Gasteiger partial charge on any atom is -0.493 e. The maximum absolute atomic E-state index is 13.0. The van der Waals surface area contributed by atoms with E-state index in [-0.39, 0.29) is 18.1 Å². The second-order valence-corrected chi connectivity index (χ2v) is 8.79. The molecule has 0 aliphatic carbocycles. The van der Waals surface area contributed by atoms with Crippen molar-refractivity contribution >= 4 is 27.5 Å². The summed E-state index contributed by atoms with van der Waals surface area (Å²) in [5.41, 5.74) is 2.88. The van der Waals surface area contributed by atoms with E-state index < -0.39 is 5.56 Å². The SMILES string of the molecule is COc1cc(-c2cc(-c3ccc(Br)cc3)n(C)c(=O)c2C#N)ccc1OCC(=O)Nc1ccccc1. The number of pyridine rings is 1. The van der Waals surface area contributed by atoms with E-state index in [9.17, 15) is 14.9 Å². The van der Waals surface area contributed by atoms with Crippen LogP contribution in [0, 0.1) is 11.3 Å². The molecular formula is C28H22BrN3O4. The van der Waals surface area contributed by atoms with Gasteiger partial charge < -0.3 is 19.4 Å². The van der Waals surface area contributed by atoms with Gasteiger partial charge in [-0.15, -0.1) is 0 Å². The number of hydrogen-bond donors (Lipinski definition) is 1. The number of aromatic nitrogens is 1. The van der Waals surface area contributed by atoms with Gasteiger partial charge in [-0.05, 0) is 53.6 Å². The second-order valence-electron chi connectivity index (χ2n) is 7.87. The topological polar surface area (TPSA) is 93.3 Å². The molecule has 0 bridgehead atoms. The number of amides is 1. The number of halogens is 1. The first-order valence-electron chi connectivity index (χ1n) is 11.0. The average Bonchev–Trinajstić information content (AvgIpc) is 2.90. The van der Waals surface area contributed by atoms with Gasteiger partial charge in [-0.25, -0.2) is 0 Å². The van der Waals surface area contributed by atoms with Gasteiger partial charge in [0, 0.05) is 22.8 Å². The van der Waals surface area contributed by atoms with Crippen LogP contribution in [0.4, 0.5) is 5.69 Å². The monoisotopic (exact) mass is 543 g/mol. The van der Waals surface area contributed by atoms with Gasteiger partial charge in [0.05, 0.1) is 12.8 Å². The van der Waals surface area contributed by atoms with E-state index in [0.717, 1.165) is 10.0 Å². The Bertz CT molecular complexity index is 1510. The van der Waals surface area contributed by atoms with Crippen molar-refractivity contribution in [3.05, 3.63) is 99.3 Å². The number of hydrogen-bond acceptors (Lipinski definition) is 5. The molecule has 0 radical (unpaired) electrons. The third-order valence-electron chi connectivity index (χ3n) is 5.57. The molecule has 4 rings (SSSR count). The molecule has 0 spiro atoms. The third-order valence-corrected chi connectivity index (χ3v) is 6.10. The molecule has 1 N–H and O–H groups in total. The van der Waals surface area contributed by atoms with Crippen molar-refractivity contribution in [3.8, 4) is 40.0 Å². The van der Waals surface area contributed by atoms with Crippen LogP contribution < -0.4 is 20.3 Å². The van der Waals surface area contributed by atoms with Gasteiger partial charge in [0.15, 0.2) is 18.1 Å². The standard InChI is InChI=1S/C28H22BrN3O4/c1-32-24(18-8-11-20(29)12-9-18)15-22(23(16-30)28(32)34)19-10-13-25(26(14-19)35-2)36-17-27(33)31-21-6-4-3-5-7-21/h3-15H,17H2,1-2H3,(H,31,33). The summed E-state index contributed by atoms with van der Waals surface area (Å²) in [4.78, 5) is 25.3. The number of para-hydroxylation sites is 1. The molecule has 0 fully saturated rings. The Morgan fingerprint density at radius 1 is 1.00 bits per heavy atom. The van der Waals surface area contributed by atoms with Gasteiger partial charge in [0.2, 0.25) is 0 Å². The molecule has 0 saturated heterocycles. The highest BCUT2D eigenvalue weighted by molar-refractivity contribution is 9.10. The summed E-state index contributed by atoms with van der Waals surface area (Å²) >= 11 is 3.42. The number of carbonyl (C=O) groups excluding carboxylic acids is 1. The molecule has 0 aliphatic rings. The summed E-state index contributed by atoms with van der Waals surface area (Å²) < 4.78 is 13.6. The van der Waals surface area contributed by atoms with Crippen molar-refractivity contribution in [1.29, 1.82) is 5.26 Å². The van der Waals surface area contributed by atoms with Crippen LogP contribution >= 0.6 is 15.9 Å². The maximum atomic E-state index is 13.0. The minimum absolute atomic E-state index is 0.0244. The zero-order valence-electron chi connectivity index (χ0n) is 19.6. The number of nitriles is 1. The Labute approximate surface area is 216 Å². The fraction of sp³-hybridized carbons (Fsp3) is 0.107. The predicted octanol–water partition coefficient (Wildman–Crippen LogP) is 5.38. The molecule has 1 aromatic heterocycles. The summed E-state index contributed by atoms with van der Waals surface area (Å²) in [7, 11) is 3.13. The maximum Gasteiger partial charge on any atom is 0.269 e. The molecule has 0 aliphatic heterocycles. The molecule has 8 heteroatoms. The normalized spacial score (nSPS) is 10.4. The molecule has 0 saturated carbocycles. The predicted molar refractivity (Wildman–Crippen MR) is 142 cm³/mol. The van der Waals surface area contributed by atoms with Gasteiger partial charge >= 0.3 is 0 Å². The van der Waals surface area contributed by atoms with Crippen LogP contribution in [0.5, 0.6) is 11.5 Å². The van der Waals surface area contributed by atoms with Crippen molar-refractivity contribution in [2.45, 2.75) is 0 Å². The van der Waals surface area contributed by atoms with E-state index in [0.29, 0.717) is 34.0 Å². The van der Waals surface area contributed by atoms with E-state index in [1.54, 1.807) is 37.4 Å². The molecule has 36 heavy (non-hydrogen) atoms. The Hall–Kier alpha value is -4.35. The second kappa shape index (κ2) is 10.9. The molecule has 3 aromatic carbocycles. The fourth-order valence-corrected chi connectivity index (χ4v) is 4.01. The minimum atomic E-state index is -0.398. The van der Waals surface area contributed by atoms with Crippen molar-refractivity contribution in [1.82, 2.24) is 4.57 Å². The van der Waals surface area contributed by atoms with Gasteiger partial charge in [0.1, 0.15) is 11.6 Å². The number of ether oxygens (including phenoxy) is 2. The first-order valence-corrected chi connectivity index (χ1v) is 11.8. The Balaban J connectivity index is 1.65. The molecule has 0 atom stereocenters. The fourth-order valence-electron chi connectivity index (χ4n) is 3.75. The third kappa shape index (κ3) is 5.32. The Kier molecular flexibility index (Phi) is 7.52. The van der Waals surface area contributed by atoms with E-state index in [1.807, 2.05) is 54.6 Å². The van der Waals surface area contributed by atoms with E-state index >= 15 is 0 Å². The molecule has 180 valence electrons. The molecule has 1 heterocycles. The summed E-state index contributed by atoms with van der Waals surface area (Å²) in [5, 5.41) is 12.5. The summed E-state index contributed by atoms with van der Waals surface area (Å²) in [6.07, 6.45) is 0. The highest BCUT2D eigenvalue weighted by atomic mass is 79.9. The van der Waals surface area contributed by atoms with Crippen LogP contribution in [0.25, 0.3) is 22.4 Å². The van der Waals surface area contributed by atoms with Crippen molar-refractivity contribution in [3.63, 3.8) is 0 Å². The molecule has 1 amide bonds. The number of rotatable bonds is 7. The van der Waals surface area contributed by atoms with Crippen LogP contribution in [0.1, 0.15) is 5.56 Å². The molecule has 0 unspecified atom stereocenters. The first kappa shape index (κ1) is 24.8. The largest absolute Gasteiger partial charge is 0.493 e. The highest BCUT2D eigenvalue weighted by Crippen LogP contribution is 2.35. The van der Waals surface area contributed by atoms with Gasteiger partial charge in [0.25, 0.3) is 11.5 Å². The highest BCUT2D eigenvalue weighted by Gasteiger charge is 2.17. The van der Waals surface area contributed by atoms with Crippen LogP contribution in [0.2, 0.25) is 0 Å². The Morgan fingerprint density at radius 2 is 1.69 bits per heavy atom. The van der Waals surface area contributed by atoms with Crippen LogP contribution in [0.3, 0.4) is 0 Å². The lowest BCUT2D eigenvalue weighted by molar-refractivity contribution is -0.118. The molecule has 7 nitrogen and oxygen atoms in total. The van der Waals surface area contributed by atoms with Gasteiger partial charge in [-0.3, -0.25) is 9.59 Å².